The molecule has 0 saturated heterocycles. The molecule has 0 saturated carbocycles. The molecule has 2 aromatic carbocycles. The smallest absolute Gasteiger partial charge is 0.174 e. The minimum atomic E-state index is -0.522. The topological polar surface area (TPSA) is 49.9 Å². The fourth-order valence-electron chi connectivity index (χ4n) is 3.31. The SMILES string of the molecule is O=C1c2ccccc2C(=O)C1CCc1c[nH]c2ccccc12. The third-order valence-corrected chi connectivity index (χ3v) is 4.47. The first-order valence-corrected chi connectivity index (χ1v) is 7.48. The molecule has 22 heavy (non-hydrogen) atoms. The lowest BCUT2D eigenvalue weighted by Crippen LogP contribution is -2.15. The number of para-hydroxylation sites is 1. The van der Waals surface area contributed by atoms with E-state index in [1.807, 2.05) is 36.5 Å². The van der Waals surface area contributed by atoms with Crippen molar-refractivity contribution >= 4 is 22.5 Å². The molecular formula is C19H15NO2. The highest BCUT2D eigenvalue weighted by Gasteiger charge is 2.37. The van der Waals surface area contributed by atoms with E-state index in [4.69, 9.17) is 0 Å². The van der Waals surface area contributed by atoms with Gasteiger partial charge in [0, 0.05) is 28.2 Å². The number of H-pyrrole nitrogens is 1. The van der Waals surface area contributed by atoms with E-state index in [0.717, 1.165) is 22.9 Å². The number of aromatic amines is 1. The summed E-state index contributed by atoms with van der Waals surface area (Å²) in [6.45, 7) is 0. The number of Topliss-reactive ketones (excluding diaryl/α,β-unsaturated/α-hetero) is 2. The zero-order chi connectivity index (χ0) is 15.1. The minimum absolute atomic E-state index is 0.0274. The van der Waals surface area contributed by atoms with Crippen molar-refractivity contribution in [3.05, 3.63) is 71.4 Å². The molecule has 3 nitrogen and oxygen atoms in total. The van der Waals surface area contributed by atoms with Gasteiger partial charge in [0.2, 0.25) is 0 Å². The average molecular weight is 289 g/mol. The molecule has 0 radical (unpaired) electrons. The van der Waals surface area contributed by atoms with Crippen molar-refractivity contribution in [1.29, 1.82) is 0 Å². The van der Waals surface area contributed by atoms with Crippen molar-refractivity contribution in [3.8, 4) is 0 Å². The minimum Gasteiger partial charge on any atom is -0.361 e. The molecule has 1 heterocycles. The number of carbonyl (C=O) groups excluding carboxylic acids is 2. The Labute approximate surface area is 128 Å². The lowest BCUT2D eigenvalue weighted by molar-refractivity contribution is 0.0831. The lowest BCUT2D eigenvalue weighted by Gasteiger charge is -2.06. The van der Waals surface area contributed by atoms with Crippen LogP contribution >= 0.6 is 0 Å². The van der Waals surface area contributed by atoms with Crippen molar-refractivity contribution in [3.63, 3.8) is 0 Å². The Hall–Kier alpha value is -2.68. The summed E-state index contributed by atoms with van der Waals surface area (Å²) in [5.41, 5.74) is 3.41. The Bertz CT molecular complexity index is 856. The van der Waals surface area contributed by atoms with Gasteiger partial charge in [-0.15, -0.1) is 0 Å². The van der Waals surface area contributed by atoms with Crippen LogP contribution in [0.5, 0.6) is 0 Å². The standard InChI is InChI=1S/C19H15NO2/c21-18-14-6-1-2-7-15(14)19(22)16(18)10-9-12-11-20-17-8-4-3-5-13(12)17/h1-8,11,16,20H,9-10H2. The van der Waals surface area contributed by atoms with Gasteiger partial charge in [0.05, 0.1) is 5.92 Å². The molecule has 0 fully saturated rings. The van der Waals surface area contributed by atoms with E-state index in [1.165, 1.54) is 0 Å². The summed E-state index contributed by atoms with van der Waals surface area (Å²) < 4.78 is 0. The summed E-state index contributed by atoms with van der Waals surface area (Å²) in [5.74, 6) is -0.577. The molecule has 0 unspecified atom stereocenters. The first-order chi connectivity index (χ1) is 10.8. The van der Waals surface area contributed by atoms with Gasteiger partial charge >= 0.3 is 0 Å². The Balaban J connectivity index is 1.58. The number of fused-ring (bicyclic) bond motifs is 2. The van der Waals surface area contributed by atoms with Gasteiger partial charge in [0.15, 0.2) is 11.6 Å². The van der Waals surface area contributed by atoms with Gasteiger partial charge < -0.3 is 4.98 Å². The summed E-state index contributed by atoms with van der Waals surface area (Å²) in [4.78, 5) is 28.0. The van der Waals surface area contributed by atoms with Gasteiger partial charge in [-0.05, 0) is 24.5 Å². The van der Waals surface area contributed by atoms with E-state index < -0.39 is 5.92 Å². The molecule has 1 N–H and O–H groups in total. The lowest BCUT2D eigenvalue weighted by atomic mass is 9.95. The van der Waals surface area contributed by atoms with Crippen LogP contribution in [0.3, 0.4) is 0 Å². The molecule has 0 atom stereocenters. The van der Waals surface area contributed by atoms with Gasteiger partial charge in [-0.25, -0.2) is 0 Å². The fraction of sp³-hybridized carbons (Fsp3) is 0.158. The van der Waals surface area contributed by atoms with Crippen molar-refractivity contribution in [1.82, 2.24) is 4.98 Å². The first kappa shape index (κ1) is 13.0. The second-order valence-corrected chi connectivity index (χ2v) is 5.72. The Morgan fingerprint density at radius 3 is 2.23 bits per heavy atom. The van der Waals surface area contributed by atoms with Gasteiger partial charge in [-0.2, -0.15) is 0 Å². The predicted molar refractivity (Wildman–Crippen MR) is 85.2 cm³/mol. The van der Waals surface area contributed by atoms with E-state index in [0.29, 0.717) is 17.5 Å². The van der Waals surface area contributed by atoms with Crippen LogP contribution in [0.15, 0.2) is 54.7 Å². The Morgan fingerprint density at radius 2 is 1.50 bits per heavy atom. The van der Waals surface area contributed by atoms with Crippen molar-refractivity contribution < 1.29 is 9.59 Å². The van der Waals surface area contributed by atoms with Crippen LogP contribution in [0.4, 0.5) is 0 Å². The number of rotatable bonds is 3. The monoisotopic (exact) mass is 289 g/mol. The van der Waals surface area contributed by atoms with E-state index >= 15 is 0 Å². The molecular weight excluding hydrogens is 274 g/mol. The molecule has 0 spiro atoms. The first-order valence-electron chi connectivity index (χ1n) is 7.48. The highest BCUT2D eigenvalue weighted by Crippen LogP contribution is 2.30. The number of aryl methyl sites for hydroxylation is 1. The van der Waals surface area contributed by atoms with Crippen LogP contribution in [0.2, 0.25) is 0 Å². The van der Waals surface area contributed by atoms with Crippen LogP contribution in [-0.2, 0) is 6.42 Å². The van der Waals surface area contributed by atoms with Gasteiger partial charge in [-0.1, -0.05) is 42.5 Å². The maximum absolute atomic E-state index is 12.4. The average Bonchev–Trinajstić information content (AvgIpc) is 3.07. The second-order valence-electron chi connectivity index (χ2n) is 5.72. The van der Waals surface area contributed by atoms with E-state index in [-0.39, 0.29) is 11.6 Å². The molecule has 108 valence electrons. The van der Waals surface area contributed by atoms with Gasteiger partial charge in [0.25, 0.3) is 0 Å². The Morgan fingerprint density at radius 1 is 0.864 bits per heavy atom. The van der Waals surface area contributed by atoms with Crippen LogP contribution in [0.1, 0.15) is 32.7 Å². The molecule has 0 aliphatic heterocycles. The van der Waals surface area contributed by atoms with Gasteiger partial charge in [-0.3, -0.25) is 9.59 Å². The molecule has 1 aliphatic rings. The molecule has 3 heteroatoms. The van der Waals surface area contributed by atoms with Crippen molar-refractivity contribution in [2.75, 3.05) is 0 Å². The van der Waals surface area contributed by atoms with Gasteiger partial charge in [0.1, 0.15) is 0 Å². The number of carbonyl (C=O) groups is 2. The Kier molecular flexibility index (Phi) is 2.93. The maximum Gasteiger partial charge on any atom is 0.174 e. The number of hydrogen-bond donors (Lipinski definition) is 1. The number of nitrogens with one attached hydrogen (secondary N) is 1. The molecule has 1 aromatic heterocycles. The third kappa shape index (κ3) is 1.90. The van der Waals surface area contributed by atoms with Crippen molar-refractivity contribution in [2.45, 2.75) is 12.8 Å². The number of hydrogen-bond acceptors (Lipinski definition) is 2. The van der Waals surface area contributed by atoms with E-state index in [9.17, 15) is 9.59 Å². The summed E-state index contributed by atoms with van der Waals surface area (Å²) in [6.07, 6.45) is 3.26. The maximum atomic E-state index is 12.4. The quantitative estimate of drug-likeness (QED) is 0.746. The second kappa shape index (κ2) is 4.95. The summed E-state index contributed by atoms with van der Waals surface area (Å²) in [5, 5.41) is 1.16. The summed E-state index contributed by atoms with van der Waals surface area (Å²) in [6, 6.07) is 15.2. The normalized spacial score (nSPS) is 14.7. The van der Waals surface area contributed by atoms with Crippen LogP contribution < -0.4 is 0 Å². The zero-order valence-electron chi connectivity index (χ0n) is 12.0. The fourth-order valence-corrected chi connectivity index (χ4v) is 3.31. The molecule has 3 aromatic rings. The number of benzene rings is 2. The molecule has 0 amide bonds. The molecule has 0 bridgehead atoms. The van der Waals surface area contributed by atoms with Crippen LogP contribution in [-0.4, -0.2) is 16.6 Å². The van der Waals surface area contributed by atoms with E-state index in [1.54, 1.807) is 12.1 Å². The third-order valence-electron chi connectivity index (χ3n) is 4.47. The zero-order valence-corrected chi connectivity index (χ0v) is 12.0. The summed E-state index contributed by atoms with van der Waals surface area (Å²) in [7, 11) is 0. The van der Waals surface area contributed by atoms with Crippen LogP contribution in [0.25, 0.3) is 10.9 Å². The highest BCUT2D eigenvalue weighted by molar-refractivity contribution is 6.26. The molecule has 4 rings (SSSR count). The highest BCUT2D eigenvalue weighted by atomic mass is 16.2. The van der Waals surface area contributed by atoms with E-state index in [2.05, 4.69) is 11.1 Å². The predicted octanol–water partition coefficient (Wildman–Crippen LogP) is 3.80. The largest absolute Gasteiger partial charge is 0.361 e. The number of aromatic nitrogens is 1. The van der Waals surface area contributed by atoms with Crippen molar-refractivity contribution in [2.24, 2.45) is 5.92 Å². The molecule has 1 aliphatic carbocycles. The number of ketones is 2. The van der Waals surface area contributed by atoms with Crippen LogP contribution in [0, 0.1) is 5.92 Å². The summed E-state index contributed by atoms with van der Waals surface area (Å²) >= 11 is 0.